The van der Waals surface area contributed by atoms with Crippen molar-refractivity contribution in [3.63, 3.8) is 0 Å². The van der Waals surface area contributed by atoms with Crippen molar-refractivity contribution in [3.05, 3.63) is 0 Å². The van der Waals surface area contributed by atoms with Gasteiger partial charge in [-0.25, -0.2) is 0 Å². The van der Waals surface area contributed by atoms with Crippen molar-refractivity contribution in [3.8, 4) is 0 Å². The summed E-state index contributed by atoms with van der Waals surface area (Å²) in [7, 11) is 0. The minimum absolute atomic E-state index is 0.214. The van der Waals surface area contributed by atoms with Gasteiger partial charge in [-0.1, -0.05) is 6.92 Å². The van der Waals surface area contributed by atoms with Gasteiger partial charge in [0.2, 0.25) is 0 Å². The van der Waals surface area contributed by atoms with Crippen molar-refractivity contribution < 1.29 is 9.47 Å². The Morgan fingerprint density at radius 3 is 2.25 bits per heavy atom. The molecule has 2 aliphatic rings. The maximum Gasteiger partial charge on any atom is 0.168 e. The van der Waals surface area contributed by atoms with E-state index < -0.39 is 0 Å². The smallest absolute Gasteiger partial charge is 0.168 e. The van der Waals surface area contributed by atoms with Crippen LogP contribution in [-0.2, 0) is 9.47 Å². The largest absolute Gasteiger partial charge is 0.348 e. The zero-order valence-electron chi connectivity index (χ0n) is 10.8. The number of hydrogen-bond donors (Lipinski definition) is 1. The topological polar surface area (TPSA) is 30.5 Å². The molecule has 0 bridgehead atoms. The molecule has 2 rings (SSSR count). The van der Waals surface area contributed by atoms with Gasteiger partial charge in [-0.3, -0.25) is 0 Å². The molecule has 1 heterocycles. The molecular formula is C13H25NO2. The first-order valence-electron chi connectivity index (χ1n) is 6.61. The fourth-order valence-electron chi connectivity index (χ4n) is 2.64. The van der Waals surface area contributed by atoms with Crippen molar-refractivity contribution >= 4 is 0 Å². The van der Waals surface area contributed by atoms with E-state index in [1.54, 1.807) is 0 Å². The van der Waals surface area contributed by atoms with E-state index in [-0.39, 0.29) is 11.3 Å². The Kier molecular flexibility index (Phi) is 3.57. The molecule has 3 heteroatoms. The molecule has 16 heavy (non-hydrogen) atoms. The number of nitrogens with one attached hydrogen (secondary N) is 1. The van der Waals surface area contributed by atoms with E-state index in [9.17, 15) is 0 Å². The predicted octanol–water partition coefficient (Wildman–Crippen LogP) is 2.45. The highest BCUT2D eigenvalue weighted by molar-refractivity contribution is 4.89. The fourth-order valence-corrected chi connectivity index (χ4v) is 2.64. The quantitative estimate of drug-likeness (QED) is 0.803. The lowest BCUT2D eigenvalue weighted by Gasteiger charge is -2.39. The molecule has 1 aliphatic carbocycles. The summed E-state index contributed by atoms with van der Waals surface area (Å²) >= 11 is 0. The van der Waals surface area contributed by atoms with Gasteiger partial charge in [0, 0.05) is 24.4 Å². The summed E-state index contributed by atoms with van der Waals surface area (Å²) in [5.41, 5.74) is 0.257. The molecular weight excluding hydrogens is 202 g/mol. The Morgan fingerprint density at radius 1 is 1.19 bits per heavy atom. The monoisotopic (exact) mass is 227 g/mol. The molecule has 0 amide bonds. The second-order valence-corrected chi connectivity index (χ2v) is 5.76. The second-order valence-electron chi connectivity index (χ2n) is 5.76. The van der Waals surface area contributed by atoms with Crippen LogP contribution in [-0.4, -0.2) is 30.6 Å². The van der Waals surface area contributed by atoms with Crippen LogP contribution in [0.25, 0.3) is 0 Å². The average molecular weight is 227 g/mol. The van der Waals surface area contributed by atoms with Crippen LogP contribution in [0.15, 0.2) is 0 Å². The number of hydrogen-bond acceptors (Lipinski definition) is 3. The van der Waals surface area contributed by atoms with Gasteiger partial charge in [0.25, 0.3) is 0 Å². The lowest BCUT2D eigenvalue weighted by molar-refractivity contribution is -0.180. The third-order valence-corrected chi connectivity index (χ3v) is 4.04. The summed E-state index contributed by atoms with van der Waals surface area (Å²) in [6, 6.07) is 0.633. The van der Waals surface area contributed by atoms with E-state index in [1.807, 2.05) is 0 Å². The summed E-state index contributed by atoms with van der Waals surface area (Å²) in [6.45, 7) is 8.34. The van der Waals surface area contributed by atoms with E-state index in [2.05, 4.69) is 26.1 Å². The minimum atomic E-state index is -0.214. The van der Waals surface area contributed by atoms with E-state index in [4.69, 9.17) is 9.47 Å². The first-order valence-corrected chi connectivity index (χ1v) is 6.61. The zero-order valence-corrected chi connectivity index (χ0v) is 10.8. The van der Waals surface area contributed by atoms with Crippen LogP contribution < -0.4 is 5.32 Å². The molecule has 0 aromatic carbocycles. The summed E-state index contributed by atoms with van der Waals surface area (Å²) < 4.78 is 11.5. The van der Waals surface area contributed by atoms with Gasteiger partial charge in [0.15, 0.2) is 5.79 Å². The molecule has 3 nitrogen and oxygen atoms in total. The van der Waals surface area contributed by atoms with Crippen molar-refractivity contribution in [1.29, 1.82) is 0 Å². The maximum absolute atomic E-state index is 5.74. The Labute approximate surface area is 98.9 Å². The molecule has 94 valence electrons. The van der Waals surface area contributed by atoms with Crippen molar-refractivity contribution in [2.45, 2.75) is 70.2 Å². The standard InChI is InChI=1S/C13H25NO2/c1-4-12(2,3)14-11-5-7-13(8-6-11)15-9-10-16-13/h11,14H,4-10H2,1-3H3. The SMILES string of the molecule is CCC(C)(C)NC1CCC2(CC1)OCCO2. The molecule has 1 saturated heterocycles. The van der Waals surface area contributed by atoms with Gasteiger partial charge < -0.3 is 14.8 Å². The molecule has 0 radical (unpaired) electrons. The summed E-state index contributed by atoms with van der Waals surface area (Å²) in [5, 5.41) is 3.74. The molecule has 1 N–H and O–H groups in total. The third-order valence-electron chi connectivity index (χ3n) is 4.04. The summed E-state index contributed by atoms with van der Waals surface area (Å²) in [6.07, 6.45) is 5.60. The molecule has 0 unspecified atom stereocenters. The lowest BCUT2D eigenvalue weighted by atomic mass is 9.88. The molecule has 0 aromatic rings. The normalized spacial score (nSPS) is 26.4. The highest BCUT2D eigenvalue weighted by Gasteiger charge is 2.40. The van der Waals surface area contributed by atoms with Crippen LogP contribution in [0.5, 0.6) is 0 Å². The third kappa shape index (κ3) is 2.76. The van der Waals surface area contributed by atoms with E-state index in [0.29, 0.717) is 6.04 Å². The molecule has 1 aliphatic heterocycles. The first-order chi connectivity index (χ1) is 7.55. The highest BCUT2D eigenvalue weighted by atomic mass is 16.7. The Morgan fingerprint density at radius 2 is 1.75 bits per heavy atom. The zero-order chi connectivity index (χ0) is 11.6. The highest BCUT2D eigenvalue weighted by Crippen LogP contribution is 2.36. The number of ether oxygens (including phenoxy) is 2. The van der Waals surface area contributed by atoms with Crippen LogP contribution in [0.4, 0.5) is 0 Å². The summed E-state index contributed by atoms with van der Waals surface area (Å²) in [4.78, 5) is 0. The fraction of sp³-hybridized carbons (Fsp3) is 1.00. The summed E-state index contributed by atoms with van der Waals surface area (Å²) in [5.74, 6) is -0.214. The van der Waals surface area contributed by atoms with Gasteiger partial charge in [0.1, 0.15) is 0 Å². The van der Waals surface area contributed by atoms with Crippen molar-refractivity contribution in [2.75, 3.05) is 13.2 Å². The molecule has 0 atom stereocenters. The van der Waals surface area contributed by atoms with Gasteiger partial charge in [-0.15, -0.1) is 0 Å². The van der Waals surface area contributed by atoms with Crippen LogP contribution in [0, 0.1) is 0 Å². The van der Waals surface area contributed by atoms with Gasteiger partial charge in [0.05, 0.1) is 13.2 Å². The number of rotatable bonds is 3. The van der Waals surface area contributed by atoms with Crippen molar-refractivity contribution in [1.82, 2.24) is 5.32 Å². The molecule has 0 aromatic heterocycles. The van der Waals surface area contributed by atoms with Crippen LogP contribution in [0.1, 0.15) is 52.9 Å². The van der Waals surface area contributed by atoms with Crippen LogP contribution >= 0.6 is 0 Å². The Bertz CT molecular complexity index is 224. The molecule has 2 fully saturated rings. The van der Waals surface area contributed by atoms with Crippen LogP contribution in [0.2, 0.25) is 0 Å². The van der Waals surface area contributed by atoms with Gasteiger partial charge >= 0.3 is 0 Å². The Hall–Kier alpha value is -0.120. The maximum atomic E-state index is 5.74. The Balaban J connectivity index is 1.81. The average Bonchev–Trinajstić information content (AvgIpc) is 2.71. The second kappa shape index (κ2) is 4.63. The van der Waals surface area contributed by atoms with E-state index in [0.717, 1.165) is 26.1 Å². The van der Waals surface area contributed by atoms with E-state index in [1.165, 1.54) is 19.3 Å². The first kappa shape index (κ1) is 12.3. The van der Waals surface area contributed by atoms with Gasteiger partial charge in [-0.2, -0.15) is 0 Å². The van der Waals surface area contributed by atoms with Crippen molar-refractivity contribution in [2.24, 2.45) is 0 Å². The van der Waals surface area contributed by atoms with Crippen LogP contribution in [0.3, 0.4) is 0 Å². The van der Waals surface area contributed by atoms with E-state index >= 15 is 0 Å². The lowest BCUT2D eigenvalue weighted by Crippen LogP contribution is -2.49. The molecule has 1 saturated carbocycles. The van der Waals surface area contributed by atoms with Gasteiger partial charge in [-0.05, 0) is 33.1 Å². The molecule has 1 spiro atoms. The minimum Gasteiger partial charge on any atom is -0.348 e. The predicted molar refractivity (Wildman–Crippen MR) is 64.4 cm³/mol.